The molecule has 0 unspecified atom stereocenters. The molecule has 1 aliphatic heterocycles. The van der Waals surface area contributed by atoms with Gasteiger partial charge in [0, 0.05) is 56.9 Å². The molecule has 0 aliphatic carbocycles. The number of alkyl halides is 1. The van der Waals surface area contributed by atoms with Gasteiger partial charge in [0.25, 0.3) is 0 Å². The van der Waals surface area contributed by atoms with Gasteiger partial charge in [-0.25, -0.2) is 18.4 Å². The summed E-state index contributed by atoms with van der Waals surface area (Å²) in [4.78, 5) is 21.9. The zero-order valence-electron chi connectivity index (χ0n) is 14.1. The number of aromatic nitrogens is 2. The molecule has 1 saturated heterocycles. The summed E-state index contributed by atoms with van der Waals surface area (Å²) >= 11 is 3.27. The molecule has 2 heterocycles. The van der Waals surface area contributed by atoms with Crippen molar-refractivity contribution in [1.29, 1.82) is 0 Å². The third kappa shape index (κ3) is 6.52. The average molecular weight is 434 g/mol. The van der Waals surface area contributed by atoms with Crippen molar-refractivity contribution in [3.63, 3.8) is 0 Å². The van der Waals surface area contributed by atoms with E-state index in [9.17, 15) is 13.2 Å². The highest BCUT2D eigenvalue weighted by atomic mass is 79.9. The number of nitrogens with one attached hydrogen (secondary N) is 1. The van der Waals surface area contributed by atoms with Crippen molar-refractivity contribution in [3.05, 3.63) is 18.5 Å². The van der Waals surface area contributed by atoms with Gasteiger partial charge in [-0.2, -0.15) is 4.31 Å². The summed E-state index contributed by atoms with van der Waals surface area (Å²) in [6, 6.07) is 1.75. The number of hydrogen-bond donors (Lipinski definition) is 1. The quantitative estimate of drug-likeness (QED) is 0.452. The molecule has 0 aromatic carbocycles. The molecule has 8 nitrogen and oxygen atoms in total. The molecule has 0 radical (unpaired) electrons. The summed E-state index contributed by atoms with van der Waals surface area (Å²) in [5, 5.41) is 3.54. The molecule has 0 spiro atoms. The summed E-state index contributed by atoms with van der Waals surface area (Å²) < 4.78 is 26.3. The second kappa shape index (κ2) is 10.0. The number of piperazine rings is 1. The van der Waals surface area contributed by atoms with E-state index in [4.69, 9.17) is 0 Å². The Bertz CT molecular complexity index is 636. The van der Waals surface area contributed by atoms with Crippen LogP contribution in [-0.2, 0) is 14.8 Å². The van der Waals surface area contributed by atoms with E-state index in [0.717, 1.165) is 11.8 Å². The van der Waals surface area contributed by atoms with E-state index in [0.29, 0.717) is 51.5 Å². The standard InChI is InChI=1S/C15H24BrN5O3S/c16-5-1-4-14(22)17-8-3-13-25(23,24)21-11-9-20(10-12-21)15-18-6-2-7-19-15/h2,6-7H,1,3-5,8-13H2,(H,17,22). The Morgan fingerprint density at radius 2 is 1.84 bits per heavy atom. The normalized spacial score (nSPS) is 16.0. The fraction of sp³-hybridized carbons (Fsp3) is 0.667. The summed E-state index contributed by atoms with van der Waals surface area (Å²) in [6.45, 7) is 2.40. The lowest BCUT2D eigenvalue weighted by Gasteiger charge is -2.33. The average Bonchev–Trinajstić information content (AvgIpc) is 2.64. The predicted octanol–water partition coefficient (Wildman–Crippen LogP) is 0.610. The molecular formula is C15H24BrN5O3S. The second-order valence-corrected chi connectivity index (χ2v) is 8.63. The molecule has 1 aliphatic rings. The number of anilines is 1. The molecule has 25 heavy (non-hydrogen) atoms. The Morgan fingerprint density at radius 3 is 2.48 bits per heavy atom. The second-order valence-electron chi connectivity index (χ2n) is 5.75. The smallest absolute Gasteiger partial charge is 0.225 e. The number of carbonyl (C=O) groups is 1. The third-order valence-electron chi connectivity index (χ3n) is 3.91. The first-order valence-electron chi connectivity index (χ1n) is 8.35. The van der Waals surface area contributed by atoms with Crippen molar-refractivity contribution in [2.24, 2.45) is 0 Å². The minimum absolute atomic E-state index is 0.0340. The van der Waals surface area contributed by atoms with E-state index in [-0.39, 0.29) is 11.7 Å². The van der Waals surface area contributed by atoms with Gasteiger partial charge >= 0.3 is 0 Å². The van der Waals surface area contributed by atoms with E-state index < -0.39 is 10.0 Å². The van der Waals surface area contributed by atoms with Crippen LogP contribution in [0.25, 0.3) is 0 Å². The minimum atomic E-state index is -3.30. The van der Waals surface area contributed by atoms with E-state index >= 15 is 0 Å². The highest BCUT2D eigenvalue weighted by Gasteiger charge is 2.27. The van der Waals surface area contributed by atoms with E-state index in [1.54, 1.807) is 18.5 Å². The van der Waals surface area contributed by atoms with Crippen LogP contribution in [0.2, 0.25) is 0 Å². The number of carbonyl (C=O) groups excluding carboxylic acids is 1. The number of halogens is 1. The van der Waals surface area contributed by atoms with Crippen molar-refractivity contribution in [2.75, 3.05) is 48.7 Å². The molecule has 2 rings (SSSR count). The number of hydrogen-bond acceptors (Lipinski definition) is 6. The number of amides is 1. The maximum Gasteiger partial charge on any atom is 0.225 e. The highest BCUT2D eigenvalue weighted by Crippen LogP contribution is 2.13. The summed E-state index contributed by atoms with van der Waals surface area (Å²) in [5.74, 6) is 0.646. The Labute approximate surface area is 157 Å². The van der Waals surface area contributed by atoms with Gasteiger partial charge in [0.1, 0.15) is 0 Å². The fourth-order valence-electron chi connectivity index (χ4n) is 2.55. The van der Waals surface area contributed by atoms with Crippen molar-refractivity contribution < 1.29 is 13.2 Å². The van der Waals surface area contributed by atoms with Crippen LogP contribution in [0, 0.1) is 0 Å². The molecule has 0 atom stereocenters. The lowest BCUT2D eigenvalue weighted by Crippen LogP contribution is -2.49. The highest BCUT2D eigenvalue weighted by molar-refractivity contribution is 9.09. The first kappa shape index (κ1) is 20.1. The van der Waals surface area contributed by atoms with Crippen molar-refractivity contribution in [2.45, 2.75) is 19.3 Å². The van der Waals surface area contributed by atoms with E-state index in [1.807, 2.05) is 4.90 Å². The maximum absolute atomic E-state index is 12.4. The fourth-order valence-corrected chi connectivity index (χ4v) is 4.32. The van der Waals surface area contributed by atoms with Gasteiger partial charge in [0.15, 0.2) is 0 Å². The van der Waals surface area contributed by atoms with Crippen LogP contribution in [0.4, 0.5) is 5.95 Å². The zero-order valence-corrected chi connectivity index (χ0v) is 16.5. The van der Waals surface area contributed by atoms with Crippen LogP contribution < -0.4 is 10.2 Å². The molecule has 140 valence electrons. The molecule has 1 aromatic heterocycles. The molecule has 1 N–H and O–H groups in total. The Morgan fingerprint density at radius 1 is 1.16 bits per heavy atom. The van der Waals surface area contributed by atoms with Crippen LogP contribution in [-0.4, -0.2) is 72.4 Å². The largest absolute Gasteiger partial charge is 0.356 e. The van der Waals surface area contributed by atoms with Crippen LogP contribution in [0.1, 0.15) is 19.3 Å². The number of sulfonamides is 1. The first-order valence-corrected chi connectivity index (χ1v) is 11.1. The molecule has 1 aromatic rings. The van der Waals surface area contributed by atoms with Crippen LogP contribution in [0.15, 0.2) is 18.5 Å². The minimum Gasteiger partial charge on any atom is -0.356 e. The monoisotopic (exact) mass is 433 g/mol. The summed E-state index contributed by atoms with van der Waals surface area (Å²) in [5.41, 5.74) is 0. The first-order chi connectivity index (χ1) is 12.0. The van der Waals surface area contributed by atoms with Gasteiger partial charge in [-0.15, -0.1) is 0 Å². The van der Waals surface area contributed by atoms with Crippen molar-refractivity contribution >= 4 is 37.8 Å². The molecule has 1 amide bonds. The van der Waals surface area contributed by atoms with Crippen molar-refractivity contribution in [1.82, 2.24) is 19.6 Å². The topological polar surface area (TPSA) is 95.5 Å². The SMILES string of the molecule is O=C(CCCBr)NCCCS(=O)(=O)N1CCN(c2ncccn2)CC1. The third-order valence-corrected chi connectivity index (χ3v) is 6.42. The lowest BCUT2D eigenvalue weighted by atomic mass is 10.3. The predicted molar refractivity (Wildman–Crippen MR) is 100 cm³/mol. The van der Waals surface area contributed by atoms with Gasteiger partial charge in [-0.1, -0.05) is 15.9 Å². The maximum atomic E-state index is 12.4. The molecule has 0 bridgehead atoms. The van der Waals surface area contributed by atoms with Crippen LogP contribution >= 0.6 is 15.9 Å². The van der Waals surface area contributed by atoms with Gasteiger partial charge in [-0.3, -0.25) is 4.79 Å². The Balaban J connectivity index is 1.71. The summed E-state index contributed by atoms with van der Waals surface area (Å²) in [7, 11) is -3.30. The van der Waals surface area contributed by atoms with Gasteiger partial charge in [0.2, 0.25) is 21.9 Å². The Hall–Kier alpha value is -1.26. The number of nitrogens with zero attached hydrogens (tertiary/aromatic N) is 4. The lowest BCUT2D eigenvalue weighted by molar-refractivity contribution is -0.121. The Kier molecular flexibility index (Phi) is 8.04. The molecular weight excluding hydrogens is 410 g/mol. The van der Waals surface area contributed by atoms with Crippen LogP contribution in [0.5, 0.6) is 0 Å². The number of rotatable bonds is 9. The van der Waals surface area contributed by atoms with E-state index in [2.05, 4.69) is 31.2 Å². The molecule has 10 heteroatoms. The van der Waals surface area contributed by atoms with Gasteiger partial charge < -0.3 is 10.2 Å². The van der Waals surface area contributed by atoms with Gasteiger partial charge in [-0.05, 0) is 18.9 Å². The molecule has 1 fully saturated rings. The molecule has 0 saturated carbocycles. The van der Waals surface area contributed by atoms with Gasteiger partial charge in [0.05, 0.1) is 5.75 Å². The zero-order chi connectivity index (χ0) is 18.1. The summed E-state index contributed by atoms with van der Waals surface area (Å²) in [6.07, 6.45) is 5.01. The van der Waals surface area contributed by atoms with Crippen molar-refractivity contribution in [3.8, 4) is 0 Å². The van der Waals surface area contributed by atoms with E-state index in [1.165, 1.54) is 4.31 Å². The van der Waals surface area contributed by atoms with Crippen LogP contribution in [0.3, 0.4) is 0 Å².